The van der Waals surface area contributed by atoms with Crippen molar-refractivity contribution in [1.29, 1.82) is 0 Å². The second-order valence-corrected chi connectivity index (χ2v) is 3.51. The van der Waals surface area contributed by atoms with Crippen LogP contribution in [0.3, 0.4) is 0 Å². The van der Waals surface area contributed by atoms with Crippen LogP contribution < -0.4 is 9.47 Å². The topological polar surface area (TPSA) is 64.5 Å². The lowest BCUT2D eigenvalue weighted by Gasteiger charge is -2.06. The molecule has 2 aromatic rings. The molecule has 1 aromatic carbocycles. The maximum absolute atomic E-state index is 8.84. The van der Waals surface area contributed by atoms with Crippen molar-refractivity contribution in [2.75, 3.05) is 6.61 Å². The van der Waals surface area contributed by atoms with Gasteiger partial charge in [-0.25, -0.2) is 4.98 Å². The van der Waals surface area contributed by atoms with E-state index in [0.29, 0.717) is 23.9 Å². The number of aliphatic hydroxyl groups excluding tert-OH is 1. The molecule has 0 saturated carbocycles. The number of rotatable bonds is 5. The molecule has 5 nitrogen and oxygen atoms in total. The Bertz CT molecular complexity index is 483. The average Bonchev–Trinajstić information content (AvgIpc) is 2.42. The van der Waals surface area contributed by atoms with Crippen molar-refractivity contribution in [3.05, 3.63) is 42.4 Å². The van der Waals surface area contributed by atoms with Gasteiger partial charge in [0.1, 0.15) is 11.5 Å². The molecule has 94 valence electrons. The first-order valence-electron chi connectivity index (χ1n) is 5.64. The van der Waals surface area contributed by atoms with Crippen molar-refractivity contribution in [1.82, 2.24) is 9.97 Å². The zero-order chi connectivity index (χ0) is 12.8. The molecule has 0 aliphatic heterocycles. The highest BCUT2D eigenvalue weighted by Gasteiger charge is 2.00. The van der Waals surface area contributed by atoms with Crippen LogP contribution in [0.1, 0.15) is 12.6 Å². The van der Waals surface area contributed by atoms with Gasteiger partial charge >= 0.3 is 0 Å². The maximum Gasteiger partial charge on any atom is 0.237 e. The maximum atomic E-state index is 8.84. The molecule has 1 N–H and O–H groups in total. The summed E-state index contributed by atoms with van der Waals surface area (Å²) >= 11 is 0. The lowest BCUT2D eigenvalue weighted by atomic mass is 10.3. The standard InChI is InChI=1S/C13H14N2O3/c1-2-17-11-3-5-12(6-4-11)18-13-8-14-10(9-16)7-15-13/h3-8,16H,2,9H2,1H3. The van der Waals surface area contributed by atoms with E-state index in [-0.39, 0.29) is 6.61 Å². The molecular formula is C13H14N2O3. The molecular weight excluding hydrogens is 232 g/mol. The van der Waals surface area contributed by atoms with Crippen LogP contribution in [-0.4, -0.2) is 21.7 Å². The van der Waals surface area contributed by atoms with Gasteiger partial charge in [-0.05, 0) is 31.2 Å². The Kier molecular flexibility index (Phi) is 4.09. The predicted molar refractivity (Wildman–Crippen MR) is 65.6 cm³/mol. The minimum atomic E-state index is -0.129. The van der Waals surface area contributed by atoms with E-state index in [0.717, 1.165) is 5.75 Å². The summed E-state index contributed by atoms with van der Waals surface area (Å²) in [7, 11) is 0. The smallest absolute Gasteiger partial charge is 0.237 e. The van der Waals surface area contributed by atoms with Crippen molar-refractivity contribution in [3.8, 4) is 17.4 Å². The monoisotopic (exact) mass is 246 g/mol. The van der Waals surface area contributed by atoms with E-state index in [1.165, 1.54) is 12.4 Å². The third-order valence-electron chi connectivity index (χ3n) is 2.20. The number of hydrogen-bond donors (Lipinski definition) is 1. The molecule has 0 amide bonds. The van der Waals surface area contributed by atoms with Crippen LogP contribution in [-0.2, 0) is 6.61 Å². The molecule has 0 atom stereocenters. The lowest BCUT2D eigenvalue weighted by Crippen LogP contribution is -1.94. The van der Waals surface area contributed by atoms with E-state index in [9.17, 15) is 0 Å². The van der Waals surface area contributed by atoms with Crippen molar-refractivity contribution >= 4 is 0 Å². The Morgan fingerprint density at radius 3 is 2.33 bits per heavy atom. The van der Waals surface area contributed by atoms with Crippen molar-refractivity contribution in [2.24, 2.45) is 0 Å². The SMILES string of the molecule is CCOc1ccc(Oc2cnc(CO)cn2)cc1. The van der Waals surface area contributed by atoms with Crippen molar-refractivity contribution < 1.29 is 14.6 Å². The van der Waals surface area contributed by atoms with Gasteiger partial charge in [-0.15, -0.1) is 0 Å². The van der Waals surface area contributed by atoms with E-state index < -0.39 is 0 Å². The van der Waals surface area contributed by atoms with Crippen LogP contribution in [0.15, 0.2) is 36.7 Å². The van der Waals surface area contributed by atoms with Crippen molar-refractivity contribution in [3.63, 3.8) is 0 Å². The molecule has 0 radical (unpaired) electrons. The number of aliphatic hydroxyl groups is 1. The first-order chi connectivity index (χ1) is 8.81. The Balaban J connectivity index is 2.03. The molecule has 0 fully saturated rings. The first-order valence-corrected chi connectivity index (χ1v) is 5.64. The van der Waals surface area contributed by atoms with Crippen LogP contribution in [0.2, 0.25) is 0 Å². The summed E-state index contributed by atoms with van der Waals surface area (Å²) in [6.07, 6.45) is 2.95. The van der Waals surface area contributed by atoms with E-state index in [4.69, 9.17) is 14.6 Å². The molecule has 0 aliphatic rings. The minimum absolute atomic E-state index is 0.129. The number of aromatic nitrogens is 2. The highest BCUT2D eigenvalue weighted by Crippen LogP contribution is 2.21. The summed E-state index contributed by atoms with van der Waals surface area (Å²) in [5.74, 6) is 1.84. The molecule has 0 spiro atoms. The predicted octanol–water partition coefficient (Wildman–Crippen LogP) is 2.16. The first kappa shape index (κ1) is 12.3. The van der Waals surface area contributed by atoms with Gasteiger partial charge in [0.25, 0.3) is 0 Å². The molecule has 2 rings (SSSR count). The quantitative estimate of drug-likeness (QED) is 0.875. The minimum Gasteiger partial charge on any atom is -0.494 e. The number of benzene rings is 1. The van der Waals surface area contributed by atoms with Crippen LogP contribution in [0.25, 0.3) is 0 Å². The van der Waals surface area contributed by atoms with Crippen LogP contribution in [0, 0.1) is 0 Å². The lowest BCUT2D eigenvalue weighted by molar-refractivity contribution is 0.276. The summed E-state index contributed by atoms with van der Waals surface area (Å²) in [6.45, 7) is 2.44. The highest BCUT2D eigenvalue weighted by atomic mass is 16.5. The van der Waals surface area contributed by atoms with E-state index in [2.05, 4.69) is 9.97 Å². The molecule has 5 heteroatoms. The fourth-order valence-corrected chi connectivity index (χ4v) is 1.37. The average molecular weight is 246 g/mol. The zero-order valence-electron chi connectivity index (χ0n) is 10.0. The normalized spacial score (nSPS) is 10.1. The van der Waals surface area contributed by atoms with Gasteiger partial charge in [0, 0.05) is 0 Å². The van der Waals surface area contributed by atoms with Crippen LogP contribution in [0.4, 0.5) is 0 Å². The second kappa shape index (κ2) is 5.97. The molecule has 0 unspecified atom stereocenters. The second-order valence-electron chi connectivity index (χ2n) is 3.51. The summed E-state index contributed by atoms with van der Waals surface area (Å²) in [5, 5.41) is 8.84. The number of hydrogen-bond acceptors (Lipinski definition) is 5. The van der Waals surface area contributed by atoms with E-state index in [1.54, 1.807) is 12.1 Å². The van der Waals surface area contributed by atoms with E-state index in [1.807, 2.05) is 19.1 Å². The highest BCUT2D eigenvalue weighted by molar-refractivity contribution is 5.33. The third kappa shape index (κ3) is 3.18. The summed E-state index contributed by atoms with van der Waals surface area (Å²) in [6, 6.07) is 7.25. The van der Waals surface area contributed by atoms with Gasteiger partial charge in [0.2, 0.25) is 5.88 Å². The fraction of sp³-hybridized carbons (Fsp3) is 0.231. The molecule has 18 heavy (non-hydrogen) atoms. The third-order valence-corrected chi connectivity index (χ3v) is 2.20. The molecule has 1 aromatic heterocycles. The van der Waals surface area contributed by atoms with Gasteiger partial charge in [0.15, 0.2) is 0 Å². The Labute approximate surface area is 105 Å². The Morgan fingerprint density at radius 1 is 1.06 bits per heavy atom. The van der Waals surface area contributed by atoms with Gasteiger partial charge in [-0.3, -0.25) is 4.98 Å². The van der Waals surface area contributed by atoms with Gasteiger partial charge < -0.3 is 14.6 Å². The van der Waals surface area contributed by atoms with E-state index >= 15 is 0 Å². The van der Waals surface area contributed by atoms with Gasteiger partial charge in [-0.2, -0.15) is 0 Å². The summed E-state index contributed by atoms with van der Waals surface area (Å²) in [5.41, 5.74) is 0.508. The zero-order valence-corrected chi connectivity index (χ0v) is 10.0. The summed E-state index contributed by atoms with van der Waals surface area (Å²) < 4.78 is 10.8. The number of ether oxygens (including phenoxy) is 2. The Hall–Kier alpha value is -2.14. The molecule has 0 saturated heterocycles. The van der Waals surface area contributed by atoms with Crippen molar-refractivity contribution in [2.45, 2.75) is 13.5 Å². The molecule has 0 bridgehead atoms. The van der Waals surface area contributed by atoms with Crippen LogP contribution >= 0.6 is 0 Å². The molecule has 0 aliphatic carbocycles. The fourth-order valence-electron chi connectivity index (χ4n) is 1.37. The largest absolute Gasteiger partial charge is 0.494 e. The Morgan fingerprint density at radius 2 is 1.78 bits per heavy atom. The summed E-state index contributed by atoms with van der Waals surface area (Å²) in [4.78, 5) is 8.01. The van der Waals surface area contributed by atoms with Crippen LogP contribution in [0.5, 0.6) is 17.4 Å². The number of nitrogens with zero attached hydrogens (tertiary/aromatic N) is 2. The van der Waals surface area contributed by atoms with Gasteiger partial charge in [-0.1, -0.05) is 0 Å². The molecule has 1 heterocycles. The van der Waals surface area contributed by atoms with Gasteiger partial charge in [0.05, 0.1) is 31.3 Å².